The monoisotopic (exact) mass is 206 g/mol. The Morgan fingerprint density at radius 1 is 1.42 bits per heavy atom. The number of halogens is 1. The van der Waals surface area contributed by atoms with Gasteiger partial charge in [0, 0.05) is 0 Å². The molecule has 0 spiro atoms. The van der Waals surface area contributed by atoms with Gasteiger partial charge >= 0.3 is 7.71 Å². The molecule has 0 bridgehead atoms. The Morgan fingerprint density at radius 3 is 2.17 bits per heavy atom. The topological polar surface area (TPSA) is 15.3 Å². The van der Waals surface area contributed by atoms with Crippen molar-refractivity contribution in [1.29, 1.82) is 0 Å². The summed E-state index contributed by atoms with van der Waals surface area (Å²) in [5.74, 6) is 0. The summed E-state index contributed by atoms with van der Waals surface area (Å²) in [5.41, 5.74) is 1.88. The second kappa shape index (κ2) is 5.75. The summed E-state index contributed by atoms with van der Waals surface area (Å²) < 4.78 is 2.26. The van der Waals surface area contributed by atoms with Gasteiger partial charge < -0.3 is 4.98 Å². The highest BCUT2D eigenvalue weighted by molar-refractivity contribution is 7.20. The molecule has 4 heteroatoms. The minimum atomic E-state index is -2.03. The molecule has 0 rings (SSSR count). The predicted molar refractivity (Wildman–Crippen MR) is 58.4 cm³/mol. The molecule has 0 aliphatic heterocycles. The van der Waals surface area contributed by atoms with E-state index in [1.165, 1.54) is 0 Å². The Morgan fingerprint density at radius 2 is 1.92 bits per heavy atom. The molecule has 0 fully saturated rings. The molecule has 1 N–H and O–H groups in total. The van der Waals surface area contributed by atoms with E-state index in [1.54, 1.807) is 0 Å². The number of rotatable bonds is 6. The van der Waals surface area contributed by atoms with E-state index in [-0.39, 0.29) is 0 Å². The average molecular weight is 207 g/mol. The molecular formula is C8H19ClN2Si. The van der Waals surface area contributed by atoms with E-state index >= 15 is 0 Å². The van der Waals surface area contributed by atoms with Gasteiger partial charge in [-0.3, -0.25) is 4.57 Å². The summed E-state index contributed by atoms with van der Waals surface area (Å²) in [6.07, 6.45) is 0. The van der Waals surface area contributed by atoms with Crippen molar-refractivity contribution in [1.82, 2.24) is 9.55 Å². The lowest BCUT2D eigenvalue weighted by molar-refractivity contribution is 0.468. The van der Waals surface area contributed by atoms with E-state index in [1.807, 2.05) is 5.70 Å². The van der Waals surface area contributed by atoms with Gasteiger partial charge in [-0.1, -0.05) is 26.5 Å². The number of nitrogens with one attached hydrogen (secondary N) is 1. The first-order valence-corrected chi connectivity index (χ1v) is 7.50. The summed E-state index contributed by atoms with van der Waals surface area (Å²) in [5, 5.41) is 0. The Kier molecular flexibility index (Phi) is 5.83. The molecule has 1 atom stereocenters. The van der Waals surface area contributed by atoms with Crippen LogP contribution in [0.4, 0.5) is 0 Å². The lowest BCUT2D eigenvalue weighted by Crippen LogP contribution is -2.58. The minimum absolute atomic E-state index is 0.901. The molecule has 0 radical (unpaired) electrons. The van der Waals surface area contributed by atoms with Crippen molar-refractivity contribution in [2.45, 2.75) is 20.8 Å². The van der Waals surface area contributed by atoms with Gasteiger partial charge in [-0.25, -0.2) is 0 Å². The fraction of sp³-hybridized carbons (Fsp3) is 0.750. The molecule has 1 unspecified atom stereocenters. The van der Waals surface area contributed by atoms with Crippen LogP contribution in [0.5, 0.6) is 0 Å². The highest BCUT2D eigenvalue weighted by Crippen LogP contribution is 2.12. The Labute approximate surface area is 81.5 Å². The van der Waals surface area contributed by atoms with Crippen molar-refractivity contribution in [3.63, 3.8) is 0 Å². The highest BCUT2D eigenvalue weighted by Gasteiger charge is 2.32. The second-order valence-electron chi connectivity index (χ2n) is 2.58. The van der Waals surface area contributed by atoms with Gasteiger partial charge in [0.1, 0.15) is 0 Å². The van der Waals surface area contributed by atoms with E-state index in [9.17, 15) is 0 Å². The average Bonchev–Trinajstić information content (AvgIpc) is 2.07. The first-order chi connectivity index (χ1) is 5.64. The smallest absolute Gasteiger partial charge is 0.310 e. The first-order valence-electron chi connectivity index (χ1n) is 4.47. The van der Waals surface area contributed by atoms with Crippen molar-refractivity contribution in [3.8, 4) is 0 Å². The second-order valence-corrected chi connectivity index (χ2v) is 7.05. The third-order valence-corrected chi connectivity index (χ3v) is 6.44. The molecule has 0 amide bonds. The first kappa shape index (κ1) is 12.2. The lowest BCUT2D eigenvalue weighted by Gasteiger charge is -2.32. The summed E-state index contributed by atoms with van der Waals surface area (Å²) in [6, 6.07) is 0. The van der Waals surface area contributed by atoms with Crippen LogP contribution in [0.1, 0.15) is 20.8 Å². The Hall–Kier alpha value is 0.167. The highest BCUT2D eigenvalue weighted by atomic mass is 35.6. The van der Waals surface area contributed by atoms with Crippen LogP contribution in [0, 0.1) is 0 Å². The maximum atomic E-state index is 6.43. The van der Waals surface area contributed by atoms with E-state index in [0.29, 0.717) is 0 Å². The Bertz CT molecular complexity index is 139. The minimum Gasteiger partial charge on any atom is -0.310 e. The van der Waals surface area contributed by atoms with Crippen LogP contribution < -0.4 is 4.98 Å². The van der Waals surface area contributed by atoms with E-state index in [0.717, 1.165) is 19.6 Å². The predicted octanol–water partition coefficient (Wildman–Crippen LogP) is 1.84. The number of hydrogen-bond acceptors (Lipinski definition) is 2. The largest absolute Gasteiger partial charge is 0.329 e. The molecule has 0 heterocycles. The molecule has 0 aromatic carbocycles. The SMILES string of the molecule is C=C[Si](Cl)(NCC)N(CC)CC. The van der Waals surface area contributed by atoms with Crippen LogP contribution in [-0.2, 0) is 0 Å². The van der Waals surface area contributed by atoms with Crippen molar-refractivity contribution in [3.05, 3.63) is 12.3 Å². The van der Waals surface area contributed by atoms with Crippen LogP contribution in [0.3, 0.4) is 0 Å². The maximum Gasteiger partial charge on any atom is 0.329 e. The summed E-state index contributed by atoms with van der Waals surface area (Å²) in [6.45, 7) is 13.0. The zero-order valence-electron chi connectivity index (χ0n) is 8.23. The molecule has 0 saturated carbocycles. The fourth-order valence-corrected chi connectivity index (χ4v) is 4.41. The van der Waals surface area contributed by atoms with Gasteiger partial charge in [0.25, 0.3) is 0 Å². The van der Waals surface area contributed by atoms with Crippen LogP contribution in [0.25, 0.3) is 0 Å². The number of nitrogens with zero attached hydrogens (tertiary/aromatic N) is 1. The molecule has 0 aromatic heterocycles. The zero-order chi connectivity index (χ0) is 9.61. The normalized spacial score (nSPS) is 16.1. The lowest BCUT2D eigenvalue weighted by atomic mass is 10.7. The fourth-order valence-electron chi connectivity index (χ4n) is 1.24. The molecule has 72 valence electrons. The molecule has 12 heavy (non-hydrogen) atoms. The van der Waals surface area contributed by atoms with Gasteiger partial charge in [-0.05, 0) is 19.6 Å². The Balaban J connectivity index is 4.35. The third-order valence-electron chi connectivity index (χ3n) is 1.92. The number of hydrogen-bond donors (Lipinski definition) is 1. The summed E-state index contributed by atoms with van der Waals surface area (Å²) in [7, 11) is -2.03. The summed E-state index contributed by atoms with van der Waals surface area (Å²) >= 11 is 6.43. The zero-order valence-corrected chi connectivity index (χ0v) is 9.99. The molecule has 0 aliphatic rings. The molecule has 0 aromatic rings. The van der Waals surface area contributed by atoms with Gasteiger partial charge in [0.2, 0.25) is 0 Å². The third kappa shape index (κ3) is 2.90. The van der Waals surface area contributed by atoms with Crippen molar-refractivity contribution >= 4 is 18.8 Å². The van der Waals surface area contributed by atoms with Crippen LogP contribution in [-0.4, -0.2) is 31.9 Å². The summed E-state index contributed by atoms with van der Waals surface area (Å²) in [4.78, 5) is 3.32. The van der Waals surface area contributed by atoms with Gasteiger partial charge in [0.05, 0.1) is 0 Å². The van der Waals surface area contributed by atoms with E-state index < -0.39 is 7.71 Å². The standard InChI is InChI=1S/C8H19ClN2Si/c1-5-10-12(9,8-4)11(6-2)7-3/h8,10H,4-7H2,1-3H3. The van der Waals surface area contributed by atoms with Crippen LogP contribution in [0.2, 0.25) is 0 Å². The quantitative estimate of drug-likeness (QED) is 0.527. The van der Waals surface area contributed by atoms with Crippen LogP contribution in [0.15, 0.2) is 12.3 Å². The molecular weight excluding hydrogens is 188 g/mol. The van der Waals surface area contributed by atoms with E-state index in [2.05, 4.69) is 36.9 Å². The molecule has 2 nitrogen and oxygen atoms in total. The van der Waals surface area contributed by atoms with Crippen LogP contribution >= 0.6 is 11.1 Å². The van der Waals surface area contributed by atoms with Crippen molar-refractivity contribution in [2.75, 3.05) is 19.6 Å². The van der Waals surface area contributed by atoms with E-state index in [4.69, 9.17) is 11.1 Å². The van der Waals surface area contributed by atoms with Gasteiger partial charge in [-0.2, -0.15) is 0 Å². The van der Waals surface area contributed by atoms with Gasteiger partial charge in [-0.15, -0.1) is 17.7 Å². The molecule has 0 saturated heterocycles. The van der Waals surface area contributed by atoms with Crippen molar-refractivity contribution < 1.29 is 0 Å². The van der Waals surface area contributed by atoms with Gasteiger partial charge in [0.15, 0.2) is 0 Å². The van der Waals surface area contributed by atoms with Crippen molar-refractivity contribution in [2.24, 2.45) is 0 Å². The maximum absolute atomic E-state index is 6.43. The molecule has 0 aliphatic carbocycles.